The minimum absolute atomic E-state index is 0.0279. The highest BCUT2D eigenvalue weighted by Crippen LogP contribution is 2.54. The second kappa shape index (κ2) is 2.92. The van der Waals surface area contributed by atoms with Gasteiger partial charge >= 0.3 is 5.97 Å². The molecule has 2 aliphatic rings. The first-order valence-electron chi connectivity index (χ1n) is 5.00. The third kappa shape index (κ3) is 1.05. The molecule has 1 fully saturated rings. The molecule has 0 saturated heterocycles. The van der Waals surface area contributed by atoms with Crippen LogP contribution < -0.4 is 0 Å². The van der Waals surface area contributed by atoms with Crippen LogP contribution in [0.25, 0.3) is 0 Å². The van der Waals surface area contributed by atoms with Crippen LogP contribution >= 0.6 is 0 Å². The number of fused-ring (bicyclic) bond motifs is 1. The summed E-state index contributed by atoms with van der Waals surface area (Å²) in [6, 6.07) is 0. The molecule has 1 saturated carbocycles. The Bertz CT molecular complexity index is 371. The molecule has 0 spiro atoms. The number of hydrogen-bond donors (Lipinski definition) is 1. The van der Waals surface area contributed by atoms with E-state index in [-0.39, 0.29) is 11.4 Å². The molecule has 0 aromatic carbocycles. The molecular weight excluding hydrogens is 196 g/mol. The maximum Gasteiger partial charge on any atom is 0.336 e. The summed E-state index contributed by atoms with van der Waals surface area (Å²) in [5, 5.41) is 10.4. The second-order valence-electron chi connectivity index (χ2n) is 4.43. The third-order valence-corrected chi connectivity index (χ3v) is 3.81. The number of hydrogen-bond acceptors (Lipinski definition) is 4. The standard InChI is InChI=1S/C11H14O4/c1-10-5-3-7(9(13)15-2)11(10,14)6-4-8(10)12/h3,14H,4-6H2,1-2H3/t10-,11+/m1/s1. The zero-order valence-corrected chi connectivity index (χ0v) is 8.87. The molecule has 0 aliphatic heterocycles. The van der Waals surface area contributed by atoms with Gasteiger partial charge in [0.15, 0.2) is 0 Å². The van der Waals surface area contributed by atoms with E-state index >= 15 is 0 Å². The van der Waals surface area contributed by atoms with Crippen molar-refractivity contribution in [2.45, 2.75) is 31.8 Å². The van der Waals surface area contributed by atoms with Crippen LogP contribution in [-0.2, 0) is 14.3 Å². The van der Waals surface area contributed by atoms with Crippen molar-refractivity contribution < 1.29 is 19.4 Å². The highest BCUT2D eigenvalue weighted by Gasteiger charge is 2.62. The third-order valence-electron chi connectivity index (χ3n) is 3.81. The molecule has 4 heteroatoms. The van der Waals surface area contributed by atoms with Gasteiger partial charge in [-0.1, -0.05) is 6.08 Å². The lowest BCUT2D eigenvalue weighted by Gasteiger charge is -2.33. The predicted octanol–water partition coefficient (Wildman–Crippen LogP) is 0.590. The molecule has 4 nitrogen and oxygen atoms in total. The van der Waals surface area contributed by atoms with Crippen LogP contribution in [0.5, 0.6) is 0 Å². The fraction of sp³-hybridized carbons (Fsp3) is 0.636. The topological polar surface area (TPSA) is 63.6 Å². The molecule has 0 bridgehead atoms. The molecule has 0 unspecified atom stereocenters. The Hall–Kier alpha value is -1.16. The highest BCUT2D eigenvalue weighted by atomic mass is 16.5. The first-order valence-corrected chi connectivity index (χ1v) is 5.00. The maximum absolute atomic E-state index is 11.7. The van der Waals surface area contributed by atoms with Crippen molar-refractivity contribution in [2.75, 3.05) is 7.11 Å². The summed E-state index contributed by atoms with van der Waals surface area (Å²) < 4.78 is 4.61. The number of rotatable bonds is 1. The highest BCUT2D eigenvalue weighted by molar-refractivity contribution is 5.99. The maximum atomic E-state index is 11.7. The van der Waals surface area contributed by atoms with Gasteiger partial charge in [0.2, 0.25) is 0 Å². The van der Waals surface area contributed by atoms with Crippen molar-refractivity contribution >= 4 is 11.8 Å². The lowest BCUT2D eigenvalue weighted by molar-refractivity contribution is -0.141. The molecular formula is C11H14O4. The van der Waals surface area contributed by atoms with Crippen LogP contribution in [0.15, 0.2) is 11.6 Å². The summed E-state index contributed by atoms with van der Waals surface area (Å²) in [5.41, 5.74) is -1.88. The number of methoxy groups -OCH3 is 1. The quantitative estimate of drug-likeness (QED) is 0.643. The number of ether oxygens (including phenoxy) is 1. The van der Waals surface area contributed by atoms with E-state index in [1.165, 1.54) is 7.11 Å². The molecule has 0 heterocycles. The average Bonchev–Trinajstić information content (AvgIpc) is 2.60. The molecule has 0 amide bonds. The minimum atomic E-state index is -1.31. The number of esters is 1. The first-order chi connectivity index (χ1) is 6.95. The van der Waals surface area contributed by atoms with E-state index in [9.17, 15) is 14.7 Å². The Kier molecular flexibility index (Phi) is 2.01. The van der Waals surface area contributed by atoms with Crippen molar-refractivity contribution in [1.82, 2.24) is 0 Å². The molecule has 0 radical (unpaired) electrons. The summed E-state index contributed by atoms with van der Waals surface area (Å²) in [6.07, 6.45) is 2.71. The Balaban J connectivity index is 2.42. The number of carbonyl (C=O) groups excluding carboxylic acids is 2. The van der Waals surface area contributed by atoms with E-state index in [0.717, 1.165) is 0 Å². The Morgan fingerprint density at radius 1 is 1.60 bits per heavy atom. The monoisotopic (exact) mass is 210 g/mol. The first kappa shape index (κ1) is 10.4. The van der Waals surface area contributed by atoms with Gasteiger partial charge in [-0.15, -0.1) is 0 Å². The van der Waals surface area contributed by atoms with Gasteiger partial charge in [0.25, 0.3) is 0 Å². The normalized spacial score (nSPS) is 38.9. The molecule has 2 atom stereocenters. The average molecular weight is 210 g/mol. The second-order valence-corrected chi connectivity index (χ2v) is 4.43. The lowest BCUT2D eigenvalue weighted by atomic mass is 9.75. The SMILES string of the molecule is COC(=O)C1=CC[C@]2(C)C(=O)CC[C@]12O. The molecule has 15 heavy (non-hydrogen) atoms. The zero-order chi connectivity index (χ0) is 11.3. The van der Waals surface area contributed by atoms with E-state index in [0.29, 0.717) is 19.3 Å². The number of carbonyl (C=O) groups is 2. The van der Waals surface area contributed by atoms with Crippen LogP contribution in [0, 0.1) is 5.41 Å². The molecule has 2 rings (SSSR count). The largest absolute Gasteiger partial charge is 0.466 e. The Labute approximate surface area is 87.9 Å². The van der Waals surface area contributed by atoms with E-state index in [2.05, 4.69) is 4.74 Å². The van der Waals surface area contributed by atoms with Crippen molar-refractivity contribution in [3.63, 3.8) is 0 Å². The van der Waals surface area contributed by atoms with E-state index in [1.54, 1.807) is 13.0 Å². The fourth-order valence-electron chi connectivity index (χ4n) is 2.63. The van der Waals surface area contributed by atoms with Crippen LogP contribution in [0.2, 0.25) is 0 Å². The Morgan fingerprint density at radius 3 is 2.87 bits per heavy atom. The number of allylic oxidation sites excluding steroid dienone is 1. The van der Waals surface area contributed by atoms with Crippen LogP contribution in [0.3, 0.4) is 0 Å². The van der Waals surface area contributed by atoms with E-state index in [1.807, 2.05) is 0 Å². The van der Waals surface area contributed by atoms with Crippen molar-refractivity contribution in [1.29, 1.82) is 0 Å². The summed E-state index contributed by atoms with van der Waals surface area (Å²) >= 11 is 0. The fourth-order valence-corrected chi connectivity index (χ4v) is 2.63. The summed E-state index contributed by atoms with van der Waals surface area (Å²) in [5.74, 6) is -0.504. The summed E-state index contributed by atoms with van der Waals surface area (Å²) in [4.78, 5) is 23.1. The van der Waals surface area contributed by atoms with Gasteiger partial charge in [0.1, 0.15) is 11.4 Å². The van der Waals surface area contributed by atoms with Gasteiger partial charge in [0, 0.05) is 6.42 Å². The van der Waals surface area contributed by atoms with E-state index in [4.69, 9.17) is 0 Å². The van der Waals surface area contributed by atoms with E-state index < -0.39 is 17.0 Å². The number of Topliss-reactive ketones (excluding diaryl/α,β-unsaturated/α-hetero) is 1. The van der Waals surface area contributed by atoms with Gasteiger partial charge < -0.3 is 9.84 Å². The number of aliphatic hydroxyl groups is 1. The molecule has 0 aromatic heterocycles. The summed E-state index contributed by atoms with van der Waals surface area (Å²) in [6.45, 7) is 1.72. The van der Waals surface area contributed by atoms with Gasteiger partial charge in [-0.3, -0.25) is 4.79 Å². The number of ketones is 1. The minimum Gasteiger partial charge on any atom is -0.466 e. The predicted molar refractivity (Wildman–Crippen MR) is 52.0 cm³/mol. The smallest absolute Gasteiger partial charge is 0.336 e. The van der Waals surface area contributed by atoms with Crippen molar-refractivity contribution in [2.24, 2.45) is 5.41 Å². The summed E-state index contributed by atoms with van der Waals surface area (Å²) in [7, 11) is 1.28. The molecule has 1 N–H and O–H groups in total. The van der Waals surface area contributed by atoms with Gasteiger partial charge in [-0.25, -0.2) is 4.79 Å². The van der Waals surface area contributed by atoms with Gasteiger partial charge in [-0.05, 0) is 19.8 Å². The molecule has 82 valence electrons. The lowest BCUT2D eigenvalue weighted by Crippen LogP contribution is -2.44. The van der Waals surface area contributed by atoms with Crippen LogP contribution in [-0.4, -0.2) is 29.6 Å². The Morgan fingerprint density at radius 2 is 2.27 bits per heavy atom. The van der Waals surface area contributed by atoms with Crippen molar-refractivity contribution in [3.8, 4) is 0 Å². The zero-order valence-electron chi connectivity index (χ0n) is 8.87. The van der Waals surface area contributed by atoms with Crippen LogP contribution in [0.4, 0.5) is 0 Å². The molecule has 0 aromatic rings. The van der Waals surface area contributed by atoms with Gasteiger partial charge in [-0.2, -0.15) is 0 Å². The van der Waals surface area contributed by atoms with Crippen LogP contribution in [0.1, 0.15) is 26.2 Å². The van der Waals surface area contributed by atoms with Gasteiger partial charge in [0.05, 0.1) is 18.1 Å². The molecule has 2 aliphatic carbocycles. The van der Waals surface area contributed by atoms with Crippen molar-refractivity contribution in [3.05, 3.63) is 11.6 Å².